The molecule has 2 nitrogen and oxygen atoms in total. The van der Waals surface area contributed by atoms with Crippen LogP contribution in [0.15, 0.2) is 12.2 Å². The Morgan fingerprint density at radius 3 is 2.82 bits per heavy atom. The van der Waals surface area contributed by atoms with Crippen molar-refractivity contribution in [2.75, 3.05) is 13.9 Å². The summed E-state index contributed by atoms with van der Waals surface area (Å²) >= 11 is 0. The normalized spacial score (nSPS) is 31.3. The summed E-state index contributed by atoms with van der Waals surface area (Å²) in [6.07, 6.45) is 2.54. The van der Waals surface area contributed by atoms with Crippen molar-refractivity contribution in [2.45, 2.75) is 25.9 Å². The summed E-state index contributed by atoms with van der Waals surface area (Å²) in [6, 6.07) is 0. The van der Waals surface area contributed by atoms with Gasteiger partial charge in [0.1, 0.15) is 6.79 Å². The van der Waals surface area contributed by atoms with Crippen LogP contribution in [0.3, 0.4) is 0 Å². The van der Waals surface area contributed by atoms with E-state index in [9.17, 15) is 0 Å². The second-order valence-corrected chi connectivity index (χ2v) is 3.10. The van der Waals surface area contributed by atoms with Crippen molar-refractivity contribution in [3.8, 4) is 0 Å². The van der Waals surface area contributed by atoms with Crippen molar-refractivity contribution in [2.24, 2.45) is 5.92 Å². The van der Waals surface area contributed by atoms with Crippen molar-refractivity contribution in [1.82, 2.24) is 0 Å². The van der Waals surface area contributed by atoms with Gasteiger partial charge in [-0.2, -0.15) is 0 Å². The Hall–Kier alpha value is -0.340. The van der Waals surface area contributed by atoms with Gasteiger partial charge >= 0.3 is 0 Å². The molecule has 1 aliphatic carbocycles. The van der Waals surface area contributed by atoms with Gasteiger partial charge in [-0.05, 0) is 12.8 Å². The van der Waals surface area contributed by atoms with Crippen LogP contribution in [0, 0.1) is 5.92 Å². The third-order valence-corrected chi connectivity index (χ3v) is 2.35. The Kier molecular flexibility index (Phi) is 3.09. The molecule has 1 saturated carbocycles. The molecule has 1 aliphatic rings. The predicted molar refractivity (Wildman–Crippen MR) is 44.3 cm³/mol. The van der Waals surface area contributed by atoms with Crippen LogP contribution in [-0.2, 0) is 9.47 Å². The van der Waals surface area contributed by atoms with E-state index in [0.717, 1.165) is 12.8 Å². The largest absolute Gasteiger partial charge is 0.359 e. The van der Waals surface area contributed by atoms with Gasteiger partial charge in [-0.1, -0.05) is 19.1 Å². The van der Waals surface area contributed by atoms with Crippen LogP contribution in [0.5, 0.6) is 0 Å². The lowest BCUT2D eigenvalue weighted by Crippen LogP contribution is -2.17. The average molecular weight is 156 g/mol. The monoisotopic (exact) mass is 156 g/mol. The Labute approximate surface area is 68.2 Å². The fourth-order valence-electron chi connectivity index (χ4n) is 1.45. The van der Waals surface area contributed by atoms with Gasteiger partial charge in [0.05, 0.1) is 6.10 Å². The Balaban J connectivity index is 2.30. The molecule has 1 rings (SSSR count). The van der Waals surface area contributed by atoms with Crippen molar-refractivity contribution in [3.05, 3.63) is 12.2 Å². The van der Waals surface area contributed by atoms with Crippen LogP contribution in [0.2, 0.25) is 0 Å². The Bertz CT molecular complexity index is 142. The first-order chi connectivity index (χ1) is 5.25. The van der Waals surface area contributed by atoms with Gasteiger partial charge in [-0.3, -0.25) is 0 Å². The lowest BCUT2D eigenvalue weighted by atomic mass is 10.1. The summed E-state index contributed by atoms with van der Waals surface area (Å²) < 4.78 is 10.3. The van der Waals surface area contributed by atoms with Gasteiger partial charge in [0.25, 0.3) is 0 Å². The third kappa shape index (κ3) is 2.04. The molecule has 0 saturated heterocycles. The Morgan fingerprint density at radius 1 is 1.64 bits per heavy atom. The van der Waals surface area contributed by atoms with E-state index in [0.29, 0.717) is 18.8 Å². The zero-order valence-electron chi connectivity index (χ0n) is 7.30. The number of ether oxygens (including phenoxy) is 2. The maximum Gasteiger partial charge on any atom is 0.146 e. The van der Waals surface area contributed by atoms with Crippen LogP contribution in [0.25, 0.3) is 0 Å². The molecule has 11 heavy (non-hydrogen) atoms. The average Bonchev–Trinajstić information content (AvgIpc) is 2.31. The second-order valence-electron chi connectivity index (χ2n) is 3.10. The van der Waals surface area contributed by atoms with Crippen LogP contribution in [-0.4, -0.2) is 20.0 Å². The standard InChI is InChI=1S/C9H16O2/c1-7-4-5-9(8(7)2)11-6-10-3/h8-9H,1,4-6H2,2-3H3/t8-,9-/m0/s1. The summed E-state index contributed by atoms with van der Waals surface area (Å²) in [7, 11) is 1.65. The fraction of sp³-hybridized carbons (Fsp3) is 0.778. The summed E-state index contributed by atoms with van der Waals surface area (Å²) in [5.41, 5.74) is 1.31. The summed E-state index contributed by atoms with van der Waals surface area (Å²) in [5.74, 6) is 0.505. The lowest BCUT2D eigenvalue weighted by Gasteiger charge is -2.15. The molecule has 0 aliphatic heterocycles. The zero-order chi connectivity index (χ0) is 8.27. The molecule has 0 unspecified atom stereocenters. The van der Waals surface area contributed by atoms with Gasteiger partial charge in [0.15, 0.2) is 0 Å². The maximum atomic E-state index is 5.45. The van der Waals surface area contributed by atoms with E-state index in [1.54, 1.807) is 7.11 Å². The zero-order valence-corrected chi connectivity index (χ0v) is 7.30. The molecule has 0 N–H and O–H groups in total. The molecule has 0 bridgehead atoms. The third-order valence-electron chi connectivity index (χ3n) is 2.35. The smallest absolute Gasteiger partial charge is 0.146 e. The van der Waals surface area contributed by atoms with Gasteiger partial charge in [0.2, 0.25) is 0 Å². The molecule has 0 heterocycles. The van der Waals surface area contributed by atoms with Gasteiger partial charge in [-0.15, -0.1) is 0 Å². The molecule has 0 amide bonds. The van der Waals surface area contributed by atoms with Gasteiger partial charge in [0, 0.05) is 13.0 Å². The lowest BCUT2D eigenvalue weighted by molar-refractivity contribution is -0.0790. The van der Waals surface area contributed by atoms with Crippen LogP contribution in [0.1, 0.15) is 19.8 Å². The van der Waals surface area contributed by atoms with Crippen molar-refractivity contribution in [1.29, 1.82) is 0 Å². The van der Waals surface area contributed by atoms with E-state index in [4.69, 9.17) is 9.47 Å². The van der Waals surface area contributed by atoms with E-state index >= 15 is 0 Å². The molecule has 0 radical (unpaired) electrons. The van der Waals surface area contributed by atoms with E-state index in [-0.39, 0.29) is 0 Å². The molecule has 2 heteroatoms. The minimum Gasteiger partial charge on any atom is -0.359 e. The summed E-state index contributed by atoms with van der Waals surface area (Å²) in [4.78, 5) is 0. The SMILES string of the molecule is C=C1CC[C@H](OCOC)[C@H]1C. The van der Waals surface area contributed by atoms with Gasteiger partial charge in [-0.25, -0.2) is 0 Å². The minimum atomic E-state index is 0.336. The molecule has 2 atom stereocenters. The highest BCUT2D eigenvalue weighted by Crippen LogP contribution is 2.31. The van der Waals surface area contributed by atoms with E-state index in [1.165, 1.54) is 5.57 Å². The molecule has 64 valence electrons. The molecule has 0 aromatic rings. The fourth-order valence-corrected chi connectivity index (χ4v) is 1.45. The highest BCUT2D eigenvalue weighted by Gasteiger charge is 2.26. The molecular weight excluding hydrogens is 140 g/mol. The molecule has 0 spiro atoms. The topological polar surface area (TPSA) is 18.5 Å². The van der Waals surface area contributed by atoms with Crippen molar-refractivity contribution in [3.63, 3.8) is 0 Å². The number of hydrogen-bond acceptors (Lipinski definition) is 2. The first-order valence-corrected chi connectivity index (χ1v) is 4.04. The second kappa shape index (κ2) is 3.88. The highest BCUT2D eigenvalue weighted by atomic mass is 16.7. The van der Waals surface area contributed by atoms with Crippen molar-refractivity contribution < 1.29 is 9.47 Å². The van der Waals surface area contributed by atoms with Crippen LogP contribution in [0.4, 0.5) is 0 Å². The van der Waals surface area contributed by atoms with E-state index < -0.39 is 0 Å². The van der Waals surface area contributed by atoms with E-state index in [1.807, 2.05) is 0 Å². The summed E-state index contributed by atoms with van der Waals surface area (Å²) in [6.45, 7) is 6.54. The van der Waals surface area contributed by atoms with Gasteiger partial charge < -0.3 is 9.47 Å². The predicted octanol–water partition coefficient (Wildman–Crippen LogP) is 1.96. The first-order valence-electron chi connectivity index (χ1n) is 4.04. The quantitative estimate of drug-likeness (QED) is 0.459. The van der Waals surface area contributed by atoms with E-state index in [2.05, 4.69) is 13.5 Å². The summed E-state index contributed by atoms with van der Waals surface area (Å²) in [5, 5.41) is 0. The first kappa shape index (κ1) is 8.75. The minimum absolute atomic E-state index is 0.336. The molecule has 0 aromatic heterocycles. The van der Waals surface area contributed by atoms with Crippen LogP contribution >= 0.6 is 0 Å². The van der Waals surface area contributed by atoms with Crippen LogP contribution < -0.4 is 0 Å². The highest BCUT2D eigenvalue weighted by molar-refractivity contribution is 5.08. The number of rotatable bonds is 3. The molecule has 1 fully saturated rings. The molecular formula is C9H16O2. The number of hydrogen-bond donors (Lipinski definition) is 0. The maximum absolute atomic E-state index is 5.45. The molecule has 0 aromatic carbocycles. The number of methoxy groups -OCH3 is 1. The van der Waals surface area contributed by atoms with Crippen molar-refractivity contribution >= 4 is 0 Å². The Morgan fingerprint density at radius 2 is 2.36 bits per heavy atom.